The number of imidazole rings is 1. The Bertz CT molecular complexity index is 1200. The van der Waals surface area contributed by atoms with Crippen LogP contribution in [0.25, 0.3) is 33.5 Å². The fraction of sp³-hybridized carbons (Fsp3) is 0.0435. The maximum absolute atomic E-state index is 6.07. The number of para-hydroxylation sites is 2. The van der Waals surface area contributed by atoms with Crippen LogP contribution in [0.3, 0.4) is 0 Å². The van der Waals surface area contributed by atoms with Gasteiger partial charge in [-0.15, -0.1) is 0 Å². The van der Waals surface area contributed by atoms with Gasteiger partial charge in [0.05, 0.1) is 22.4 Å². The first-order chi connectivity index (χ1) is 13.8. The van der Waals surface area contributed by atoms with Gasteiger partial charge in [0, 0.05) is 22.6 Å². The van der Waals surface area contributed by atoms with E-state index in [-0.39, 0.29) is 0 Å². The Kier molecular flexibility index (Phi) is 4.18. The summed E-state index contributed by atoms with van der Waals surface area (Å²) in [5, 5.41) is 8.58. The quantitative estimate of drug-likeness (QED) is 0.407. The Balaban J connectivity index is 1.64. The van der Waals surface area contributed by atoms with Crippen molar-refractivity contribution < 1.29 is 0 Å². The Morgan fingerprint density at radius 2 is 1.54 bits per heavy atom. The van der Waals surface area contributed by atoms with Gasteiger partial charge in [-0.3, -0.25) is 5.10 Å². The zero-order valence-electron chi connectivity index (χ0n) is 15.0. The van der Waals surface area contributed by atoms with Gasteiger partial charge >= 0.3 is 0 Å². The molecule has 2 aromatic heterocycles. The van der Waals surface area contributed by atoms with Crippen LogP contribution in [0.15, 0.2) is 78.9 Å². The molecule has 0 unspecified atom stereocenters. The van der Waals surface area contributed by atoms with Crippen molar-refractivity contribution in [1.29, 1.82) is 0 Å². The molecule has 0 amide bonds. The maximum atomic E-state index is 6.07. The van der Waals surface area contributed by atoms with E-state index in [0.29, 0.717) is 11.4 Å². The summed E-state index contributed by atoms with van der Waals surface area (Å²) in [5.41, 5.74) is 7.15. The van der Waals surface area contributed by atoms with E-state index in [1.165, 1.54) is 0 Å². The number of benzene rings is 3. The Morgan fingerprint density at radius 3 is 2.32 bits per heavy atom. The highest BCUT2D eigenvalue weighted by molar-refractivity contribution is 6.30. The molecule has 0 atom stereocenters. The maximum Gasteiger partial charge on any atom is 0.111 e. The van der Waals surface area contributed by atoms with Crippen LogP contribution in [-0.4, -0.2) is 20.2 Å². The number of aromatic nitrogens is 4. The number of hydrogen-bond acceptors (Lipinski definition) is 2. The van der Waals surface area contributed by atoms with Crippen molar-refractivity contribution in [2.45, 2.75) is 6.42 Å². The smallest absolute Gasteiger partial charge is 0.111 e. The van der Waals surface area contributed by atoms with Crippen LogP contribution < -0.4 is 0 Å². The van der Waals surface area contributed by atoms with Crippen molar-refractivity contribution in [1.82, 2.24) is 20.2 Å². The number of nitrogens with one attached hydrogen (secondary N) is 2. The molecule has 2 N–H and O–H groups in total. The lowest BCUT2D eigenvalue weighted by Crippen LogP contribution is -1.95. The third kappa shape index (κ3) is 3.08. The van der Waals surface area contributed by atoms with Crippen molar-refractivity contribution in [3.8, 4) is 22.5 Å². The van der Waals surface area contributed by atoms with Gasteiger partial charge in [0.25, 0.3) is 0 Å². The third-order valence-electron chi connectivity index (χ3n) is 4.83. The Hall–Kier alpha value is -3.37. The first-order valence-corrected chi connectivity index (χ1v) is 9.48. The van der Waals surface area contributed by atoms with Crippen LogP contribution in [0.1, 0.15) is 11.4 Å². The average molecular weight is 385 g/mol. The second-order valence-electron chi connectivity index (χ2n) is 6.68. The lowest BCUT2D eigenvalue weighted by Gasteiger charge is -2.06. The number of hydrogen-bond donors (Lipinski definition) is 2. The van der Waals surface area contributed by atoms with Gasteiger partial charge in [0.15, 0.2) is 0 Å². The van der Waals surface area contributed by atoms with E-state index in [4.69, 9.17) is 16.6 Å². The van der Waals surface area contributed by atoms with E-state index in [9.17, 15) is 0 Å². The fourth-order valence-electron chi connectivity index (χ4n) is 3.48. The van der Waals surface area contributed by atoms with E-state index in [2.05, 4.69) is 27.3 Å². The third-order valence-corrected chi connectivity index (χ3v) is 5.08. The van der Waals surface area contributed by atoms with Crippen molar-refractivity contribution in [2.24, 2.45) is 0 Å². The van der Waals surface area contributed by atoms with Gasteiger partial charge in [-0.1, -0.05) is 66.2 Å². The molecule has 4 nitrogen and oxygen atoms in total. The zero-order valence-corrected chi connectivity index (χ0v) is 15.7. The first-order valence-electron chi connectivity index (χ1n) is 9.10. The zero-order chi connectivity index (χ0) is 18.9. The minimum absolute atomic E-state index is 0.646. The molecule has 136 valence electrons. The molecule has 0 spiro atoms. The van der Waals surface area contributed by atoms with Crippen LogP contribution in [0.5, 0.6) is 0 Å². The largest absolute Gasteiger partial charge is 0.342 e. The Morgan fingerprint density at radius 1 is 0.786 bits per heavy atom. The van der Waals surface area contributed by atoms with E-state index in [1.807, 2.05) is 66.7 Å². The van der Waals surface area contributed by atoms with Gasteiger partial charge in [0.2, 0.25) is 0 Å². The second kappa shape index (κ2) is 6.98. The highest BCUT2D eigenvalue weighted by Crippen LogP contribution is 2.32. The number of fused-ring (bicyclic) bond motifs is 1. The normalized spacial score (nSPS) is 11.2. The molecule has 0 saturated heterocycles. The summed E-state index contributed by atoms with van der Waals surface area (Å²) in [6.07, 6.45) is 0.646. The summed E-state index contributed by atoms with van der Waals surface area (Å²) < 4.78 is 0. The van der Waals surface area contributed by atoms with Gasteiger partial charge in [0.1, 0.15) is 5.82 Å². The molecule has 0 aliphatic rings. The molecular formula is C23H17ClN4. The number of rotatable bonds is 4. The molecule has 3 aromatic carbocycles. The Labute approximate surface area is 167 Å². The number of halogens is 1. The molecule has 0 fully saturated rings. The molecule has 0 aliphatic heterocycles. The van der Waals surface area contributed by atoms with Crippen LogP contribution in [-0.2, 0) is 6.42 Å². The van der Waals surface area contributed by atoms with Gasteiger partial charge in [-0.2, -0.15) is 5.10 Å². The average Bonchev–Trinajstić information content (AvgIpc) is 3.33. The predicted octanol–water partition coefficient (Wildman–Crippen LogP) is 5.86. The summed E-state index contributed by atoms with van der Waals surface area (Å²) in [5.74, 6) is 0.912. The molecule has 28 heavy (non-hydrogen) atoms. The molecule has 0 bridgehead atoms. The lowest BCUT2D eigenvalue weighted by atomic mass is 9.99. The summed E-state index contributed by atoms with van der Waals surface area (Å²) >= 11 is 6.07. The van der Waals surface area contributed by atoms with Crippen LogP contribution in [0.4, 0.5) is 0 Å². The minimum atomic E-state index is 0.646. The number of nitrogens with zero attached hydrogens (tertiary/aromatic N) is 2. The highest BCUT2D eigenvalue weighted by Gasteiger charge is 2.18. The van der Waals surface area contributed by atoms with Gasteiger partial charge in [-0.05, 0) is 29.8 Å². The summed E-state index contributed by atoms with van der Waals surface area (Å²) in [6.45, 7) is 0. The van der Waals surface area contributed by atoms with E-state index >= 15 is 0 Å². The molecule has 0 saturated carbocycles. The van der Waals surface area contributed by atoms with Gasteiger partial charge in [-0.25, -0.2) is 4.98 Å². The van der Waals surface area contributed by atoms with Crippen molar-refractivity contribution >= 4 is 22.6 Å². The highest BCUT2D eigenvalue weighted by atomic mass is 35.5. The number of aromatic amines is 2. The van der Waals surface area contributed by atoms with Crippen LogP contribution >= 0.6 is 11.6 Å². The molecule has 0 aliphatic carbocycles. The van der Waals surface area contributed by atoms with Crippen molar-refractivity contribution in [2.75, 3.05) is 0 Å². The molecule has 5 heteroatoms. The summed E-state index contributed by atoms with van der Waals surface area (Å²) in [6, 6.07) is 26.1. The number of H-pyrrole nitrogens is 2. The predicted molar refractivity (Wildman–Crippen MR) is 113 cm³/mol. The van der Waals surface area contributed by atoms with Crippen LogP contribution in [0, 0.1) is 0 Å². The van der Waals surface area contributed by atoms with E-state index in [1.54, 1.807) is 0 Å². The molecule has 2 heterocycles. The summed E-state index contributed by atoms with van der Waals surface area (Å²) in [4.78, 5) is 8.18. The van der Waals surface area contributed by atoms with E-state index in [0.717, 1.165) is 44.9 Å². The standard InChI is InChI=1S/C23H17ClN4/c24-17-12-10-16(11-13-17)23-18(22(27-28-23)15-6-2-1-3-7-15)14-21-25-19-8-4-5-9-20(19)26-21/h1-13H,14H2,(H,25,26)(H,27,28). The van der Waals surface area contributed by atoms with Crippen molar-refractivity contribution in [3.05, 3.63) is 95.3 Å². The lowest BCUT2D eigenvalue weighted by molar-refractivity contribution is 1.04. The van der Waals surface area contributed by atoms with Crippen LogP contribution in [0.2, 0.25) is 5.02 Å². The SMILES string of the molecule is Clc1ccc(-c2[nH]nc(-c3ccccc3)c2Cc2nc3ccccc3[nH]2)cc1. The molecule has 0 radical (unpaired) electrons. The van der Waals surface area contributed by atoms with Crippen molar-refractivity contribution in [3.63, 3.8) is 0 Å². The second-order valence-corrected chi connectivity index (χ2v) is 7.11. The monoisotopic (exact) mass is 384 g/mol. The minimum Gasteiger partial charge on any atom is -0.342 e. The molecule has 5 aromatic rings. The van der Waals surface area contributed by atoms with E-state index < -0.39 is 0 Å². The molecular weight excluding hydrogens is 368 g/mol. The topological polar surface area (TPSA) is 57.4 Å². The van der Waals surface area contributed by atoms with Gasteiger partial charge < -0.3 is 4.98 Å². The first kappa shape index (κ1) is 16.8. The fourth-order valence-corrected chi connectivity index (χ4v) is 3.61. The summed E-state index contributed by atoms with van der Waals surface area (Å²) in [7, 11) is 0. The molecule has 5 rings (SSSR count).